The fourth-order valence-electron chi connectivity index (χ4n) is 12.9. The number of hydrogen-bond acceptors (Lipinski definition) is 6. The average Bonchev–Trinajstić information content (AvgIpc) is 3.54. The molecular weight excluding hydrogens is 985 g/mol. The van der Waals surface area contributed by atoms with E-state index in [1.54, 1.807) is 0 Å². The van der Waals surface area contributed by atoms with Crippen LogP contribution in [0.5, 0.6) is 0 Å². The van der Waals surface area contributed by atoms with E-state index in [0.717, 1.165) is 77.3 Å². The topological polar surface area (TPSA) is 81.2 Å². The van der Waals surface area contributed by atoms with E-state index in [9.17, 15) is 0 Å². The van der Waals surface area contributed by atoms with Gasteiger partial charge in [0.1, 0.15) is 0 Å². The molecule has 13 rings (SSSR count). The Morgan fingerprint density at radius 2 is 0.562 bits per heavy atom. The molecule has 11 aromatic carbocycles. The van der Waals surface area contributed by atoms with E-state index in [2.05, 4.69) is 114 Å². The Bertz CT molecular complexity index is 3930. The van der Waals surface area contributed by atoms with Gasteiger partial charge in [-0.05, 0) is 129 Å². The van der Waals surface area contributed by atoms with Crippen molar-refractivity contribution in [2.45, 2.75) is 79.1 Å². The number of carbonyl (C=O) groups is 4. The van der Waals surface area contributed by atoms with Gasteiger partial charge in [-0.3, -0.25) is 19.2 Å². The summed E-state index contributed by atoms with van der Waals surface area (Å²) in [5, 5.41) is 5.65. The lowest BCUT2D eigenvalue weighted by atomic mass is 9.80. The quantitative estimate of drug-likeness (QED) is 0.0689. The predicted octanol–water partition coefficient (Wildman–Crippen LogP) is 18.8. The molecule has 8 nitrogen and oxygen atoms in total. The molecule has 0 spiro atoms. The van der Waals surface area contributed by atoms with Crippen LogP contribution in [0.15, 0.2) is 194 Å². The summed E-state index contributed by atoms with van der Waals surface area (Å²) < 4.78 is 0. The van der Waals surface area contributed by atoms with E-state index in [1.807, 2.05) is 146 Å². The maximum atomic E-state index is 16.2. The van der Waals surface area contributed by atoms with Crippen LogP contribution in [-0.4, -0.2) is 23.6 Å². The van der Waals surface area contributed by atoms with Gasteiger partial charge in [0.25, 0.3) is 23.6 Å². The summed E-state index contributed by atoms with van der Waals surface area (Å²) in [5.74, 6) is -1.58. The van der Waals surface area contributed by atoms with Crippen LogP contribution in [-0.2, 0) is 0 Å². The van der Waals surface area contributed by atoms with Gasteiger partial charge in [-0.25, -0.2) is 9.80 Å². The van der Waals surface area contributed by atoms with Crippen LogP contribution in [0.4, 0.5) is 45.5 Å². The zero-order valence-corrected chi connectivity index (χ0v) is 46.2. The van der Waals surface area contributed by atoms with Crippen molar-refractivity contribution in [1.82, 2.24) is 0 Å². The summed E-state index contributed by atoms with van der Waals surface area (Å²) in [5.41, 5.74) is 11.3. The van der Waals surface area contributed by atoms with Gasteiger partial charge in [-0.2, -0.15) is 0 Å². The molecule has 0 N–H and O–H groups in total. The molecule has 4 amide bonds. The predicted molar refractivity (Wildman–Crippen MR) is 329 cm³/mol. The first kappa shape index (κ1) is 50.1. The summed E-state index contributed by atoms with van der Waals surface area (Å²) in [7, 11) is 0. The largest absolute Gasteiger partial charge is 0.310 e. The normalized spacial score (nSPS) is 13.5. The number of hydrogen-bond donors (Lipinski definition) is 0. The van der Waals surface area contributed by atoms with Crippen LogP contribution in [0, 0.1) is 0 Å². The minimum Gasteiger partial charge on any atom is -0.310 e. The number of amides is 4. The lowest BCUT2D eigenvalue weighted by molar-refractivity contribution is 0.0877. The molecule has 0 aromatic heterocycles. The second kappa shape index (κ2) is 19.2. The van der Waals surface area contributed by atoms with Crippen LogP contribution in [0.2, 0.25) is 0 Å². The maximum absolute atomic E-state index is 16.2. The number of para-hydroxylation sites is 6. The Hall–Kier alpha value is -9.40. The summed E-state index contributed by atoms with van der Waals surface area (Å²) in [6.45, 7) is 16.8. The van der Waals surface area contributed by atoms with Crippen molar-refractivity contribution in [3.63, 3.8) is 0 Å². The molecule has 0 aliphatic carbocycles. The Labute approximate surface area is 466 Å². The van der Waals surface area contributed by atoms with Crippen molar-refractivity contribution in [3.05, 3.63) is 239 Å². The van der Waals surface area contributed by atoms with Crippen molar-refractivity contribution in [2.75, 3.05) is 19.6 Å². The Kier molecular flexibility index (Phi) is 12.0. The molecule has 0 fully saturated rings. The molecule has 0 bridgehead atoms. The Morgan fingerprint density at radius 1 is 0.287 bits per heavy atom. The van der Waals surface area contributed by atoms with E-state index in [-0.39, 0.29) is 23.7 Å². The molecule has 11 aromatic rings. The monoisotopic (exact) mass is 1040 g/mol. The van der Waals surface area contributed by atoms with Gasteiger partial charge in [-0.15, -0.1) is 0 Å². The number of anilines is 8. The third-order valence-electron chi connectivity index (χ3n) is 16.5. The first-order chi connectivity index (χ1) is 38.8. The summed E-state index contributed by atoms with van der Waals surface area (Å²) >= 11 is 0. The highest BCUT2D eigenvalue weighted by atomic mass is 16.2. The second-order valence-electron chi connectivity index (χ2n) is 22.6. The number of carbonyl (C=O) groups excluding carboxylic acids is 4. The third kappa shape index (κ3) is 7.49. The number of imide groups is 2. The zero-order chi connectivity index (χ0) is 55.4. The van der Waals surface area contributed by atoms with Gasteiger partial charge in [-0.1, -0.05) is 177 Å². The van der Waals surface area contributed by atoms with E-state index >= 15 is 19.2 Å². The van der Waals surface area contributed by atoms with Gasteiger partial charge in [0.2, 0.25) is 0 Å². The first-order valence-electron chi connectivity index (χ1n) is 27.9. The van der Waals surface area contributed by atoms with Crippen LogP contribution < -0.4 is 19.6 Å². The molecular formula is C72H60N4O4. The summed E-state index contributed by atoms with van der Waals surface area (Å²) in [6, 6.07) is 64.5. The number of fused-ring (bicyclic) bond motifs is 2. The minimum absolute atomic E-state index is 0.00513. The van der Waals surface area contributed by atoms with E-state index in [0.29, 0.717) is 55.8 Å². The second-order valence-corrected chi connectivity index (χ2v) is 22.6. The Balaban J connectivity index is 1.24. The SMILES string of the molecule is CC(C)c1cccc(C(C)C)c1N1C(=O)c2ccc3c4c(N(c5ccccc5)c5ccccc5)cc5c6c(ccc(c7c(N(c8ccccc8)c8ccccc8)cc(c2c37)C1=O)c64)C(=O)N(c1c(C(C)C)cccc1C(C)C)C5=O. The fourth-order valence-corrected chi connectivity index (χ4v) is 12.9. The molecule has 2 aliphatic rings. The smallest absolute Gasteiger partial charge is 0.266 e. The van der Waals surface area contributed by atoms with Crippen molar-refractivity contribution in [1.29, 1.82) is 0 Å². The van der Waals surface area contributed by atoms with Crippen LogP contribution in [0.25, 0.3) is 43.1 Å². The summed E-state index contributed by atoms with van der Waals surface area (Å²) in [4.78, 5) is 71.3. The number of rotatable bonds is 12. The lowest BCUT2D eigenvalue weighted by Crippen LogP contribution is -2.42. The van der Waals surface area contributed by atoms with Gasteiger partial charge in [0.15, 0.2) is 0 Å². The molecule has 0 radical (unpaired) electrons. The highest BCUT2D eigenvalue weighted by Gasteiger charge is 2.43. The van der Waals surface area contributed by atoms with Gasteiger partial charge >= 0.3 is 0 Å². The molecule has 0 atom stereocenters. The van der Waals surface area contributed by atoms with E-state index in [4.69, 9.17) is 0 Å². The lowest BCUT2D eigenvalue weighted by Gasteiger charge is -2.36. The molecule has 0 saturated heterocycles. The van der Waals surface area contributed by atoms with E-state index in [1.165, 1.54) is 9.80 Å². The number of benzene rings is 11. The molecule has 8 heteroatoms. The van der Waals surface area contributed by atoms with Gasteiger partial charge in [0.05, 0.1) is 33.9 Å². The maximum Gasteiger partial charge on any atom is 0.266 e. The van der Waals surface area contributed by atoms with Crippen LogP contribution in [0.1, 0.15) is 143 Å². The summed E-state index contributed by atoms with van der Waals surface area (Å²) in [6.07, 6.45) is 0. The fraction of sp³-hybridized carbons (Fsp3) is 0.167. The molecule has 2 heterocycles. The first-order valence-corrected chi connectivity index (χ1v) is 27.9. The van der Waals surface area contributed by atoms with Crippen LogP contribution >= 0.6 is 0 Å². The Morgan fingerprint density at radius 3 is 0.838 bits per heavy atom. The highest BCUT2D eigenvalue weighted by molar-refractivity contribution is 6.48. The van der Waals surface area contributed by atoms with Crippen LogP contribution in [0.3, 0.4) is 0 Å². The molecule has 0 saturated carbocycles. The number of nitrogens with zero attached hydrogens (tertiary/aromatic N) is 4. The van der Waals surface area contributed by atoms with Gasteiger partial charge in [0, 0.05) is 66.2 Å². The van der Waals surface area contributed by atoms with Gasteiger partial charge < -0.3 is 9.80 Å². The standard InChI is InChI=1S/C72H60N4O4/c1-41(2)49-31-21-32-50(42(3)4)67(49)75-69(77)55-37-35-53-64-60(74(47-27-17-11-18-28-47)48-29-19-12-20-30-48)40-58-62-56(70(78)76(72(58)80)68-51(43(5)6)33-22-34-52(68)44(7)8)38-36-54(66(62)64)63-59(39-57(71(75)79)61(55)65(53)63)73(45-23-13-9-14-24-45)46-25-15-10-16-26-46/h9-44H,1-8H3. The minimum atomic E-state index is -0.409. The van der Waals surface area contributed by atoms with Crippen molar-refractivity contribution in [2.24, 2.45) is 0 Å². The van der Waals surface area contributed by atoms with Crippen molar-refractivity contribution < 1.29 is 19.2 Å². The molecule has 392 valence electrons. The molecule has 0 unspecified atom stereocenters. The van der Waals surface area contributed by atoms with Crippen molar-refractivity contribution in [3.8, 4) is 0 Å². The average molecular weight is 1050 g/mol. The van der Waals surface area contributed by atoms with Crippen molar-refractivity contribution >= 4 is 112 Å². The molecule has 80 heavy (non-hydrogen) atoms. The van der Waals surface area contributed by atoms with E-state index < -0.39 is 23.6 Å². The zero-order valence-electron chi connectivity index (χ0n) is 46.2. The highest BCUT2D eigenvalue weighted by Crippen LogP contribution is 2.56. The third-order valence-corrected chi connectivity index (χ3v) is 16.5. The molecule has 2 aliphatic heterocycles.